The van der Waals surface area contributed by atoms with Crippen molar-refractivity contribution in [1.29, 1.82) is 5.26 Å². The van der Waals surface area contributed by atoms with Gasteiger partial charge >= 0.3 is 6.03 Å². The van der Waals surface area contributed by atoms with Crippen LogP contribution in [0.1, 0.15) is 30.0 Å². The van der Waals surface area contributed by atoms with Crippen LogP contribution in [0.4, 0.5) is 10.5 Å². The van der Waals surface area contributed by atoms with Crippen LogP contribution in [0.5, 0.6) is 11.6 Å². The van der Waals surface area contributed by atoms with Gasteiger partial charge in [0.25, 0.3) is 15.9 Å². The summed E-state index contributed by atoms with van der Waals surface area (Å²) in [6, 6.07) is 14.7. The van der Waals surface area contributed by atoms with Gasteiger partial charge in [-0.2, -0.15) is 9.57 Å². The molecule has 4 aliphatic heterocycles. The first kappa shape index (κ1) is 34.7. The van der Waals surface area contributed by atoms with E-state index in [1.165, 1.54) is 55.8 Å². The number of nitrogens with zero attached hydrogens (tertiary/aromatic N) is 6. The van der Waals surface area contributed by atoms with E-state index in [2.05, 4.69) is 26.2 Å². The van der Waals surface area contributed by atoms with Crippen LogP contribution < -0.4 is 19.1 Å². The molecule has 0 bridgehead atoms. The van der Waals surface area contributed by atoms with Gasteiger partial charge in [0.2, 0.25) is 5.88 Å². The zero-order valence-electron chi connectivity index (χ0n) is 28.7. The summed E-state index contributed by atoms with van der Waals surface area (Å²) in [7, 11) is -3.06. The molecule has 7 rings (SSSR count). The molecule has 0 saturated carbocycles. The summed E-state index contributed by atoms with van der Waals surface area (Å²) < 4.78 is 45.9. The molecule has 0 aliphatic carbocycles. The summed E-state index contributed by atoms with van der Waals surface area (Å²) in [5.74, 6) is -0.456. The summed E-state index contributed by atoms with van der Waals surface area (Å²) in [4.78, 5) is 39.9. The third kappa shape index (κ3) is 6.16. The fourth-order valence-electron chi connectivity index (χ4n) is 7.68. The van der Waals surface area contributed by atoms with Crippen LogP contribution >= 0.6 is 0 Å². The molecule has 2 aromatic carbocycles. The number of fused-ring (bicyclic) bond motifs is 1. The van der Waals surface area contributed by atoms with Crippen molar-refractivity contribution >= 4 is 27.6 Å². The maximum absolute atomic E-state index is 15.0. The number of nitrogens with one attached hydrogen (secondary N) is 1. The minimum atomic E-state index is -4.53. The number of aromatic nitrogens is 1. The third-order valence-electron chi connectivity index (χ3n) is 10.1. The maximum atomic E-state index is 15.0. The van der Waals surface area contributed by atoms with Crippen molar-refractivity contribution in [2.24, 2.45) is 5.41 Å². The van der Waals surface area contributed by atoms with E-state index >= 15 is 4.79 Å². The Morgan fingerprint density at radius 1 is 1.02 bits per heavy atom. The average molecular weight is 716 g/mol. The fraction of sp³-hybridized carbons (Fsp3) is 0.444. The lowest BCUT2D eigenvalue weighted by molar-refractivity contribution is -0.122. The summed E-state index contributed by atoms with van der Waals surface area (Å²) >= 11 is 0. The fourth-order valence-corrected chi connectivity index (χ4v) is 9.14. The lowest BCUT2D eigenvalue weighted by Gasteiger charge is -2.60. The molecular formula is C36H41N7O7S. The third-order valence-corrected chi connectivity index (χ3v) is 11.8. The Morgan fingerprint density at radius 3 is 2.43 bits per heavy atom. The molecule has 0 radical (unpaired) electrons. The zero-order chi connectivity index (χ0) is 35.8. The van der Waals surface area contributed by atoms with Gasteiger partial charge in [-0.3, -0.25) is 9.69 Å². The Kier molecular flexibility index (Phi) is 9.36. The van der Waals surface area contributed by atoms with E-state index in [1.807, 2.05) is 0 Å². The molecule has 51 heavy (non-hydrogen) atoms. The molecule has 1 N–H and O–H groups in total. The first-order valence-corrected chi connectivity index (χ1v) is 18.5. The minimum Gasteiger partial charge on any atom is -0.497 e. The van der Waals surface area contributed by atoms with Crippen LogP contribution in [0, 0.1) is 16.7 Å². The van der Waals surface area contributed by atoms with Crippen molar-refractivity contribution in [2.75, 3.05) is 83.6 Å². The Balaban J connectivity index is 1.18. The number of morpholine rings is 1. The number of anilines is 1. The van der Waals surface area contributed by atoms with E-state index in [4.69, 9.17) is 14.2 Å². The second-order valence-corrected chi connectivity index (χ2v) is 15.2. The molecule has 15 heteroatoms. The number of benzene rings is 2. The van der Waals surface area contributed by atoms with Crippen molar-refractivity contribution < 1.29 is 32.2 Å². The van der Waals surface area contributed by atoms with E-state index in [0.717, 1.165) is 58.9 Å². The Morgan fingerprint density at radius 2 is 1.75 bits per heavy atom. The van der Waals surface area contributed by atoms with Gasteiger partial charge in [-0.15, -0.1) is 0 Å². The van der Waals surface area contributed by atoms with Crippen LogP contribution in [-0.4, -0.2) is 119 Å². The number of carbonyl (C=O) groups excluding carboxylic acids is 2. The number of hydrogen-bond donors (Lipinski definition) is 1. The summed E-state index contributed by atoms with van der Waals surface area (Å²) in [6.45, 7) is 10.2. The number of methoxy groups -OCH3 is 1. The number of urea groups is 1. The van der Waals surface area contributed by atoms with Crippen LogP contribution in [-0.2, 0) is 25.1 Å². The van der Waals surface area contributed by atoms with E-state index in [-0.39, 0.29) is 45.2 Å². The van der Waals surface area contributed by atoms with Crippen LogP contribution in [0.3, 0.4) is 0 Å². The summed E-state index contributed by atoms with van der Waals surface area (Å²) in [6.07, 6.45) is 2.56. The number of rotatable bonds is 11. The monoisotopic (exact) mass is 715 g/mol. The lowest BCUT2D eigenvalue weighted by Crippen LogP contribution is -2.74. The standard InChI is InChI=1S/C36H41N7O7S/c1-3-50-32-29(6-4-13-38-32)36(39-34(45)42-24-35(25-42)22-41(23-35)15-5-14-40-16-18-49-19-17-40)30-20-26(21-37)7-12-31(30)43(33(36)44)51(46,47)28-10-8-27(48-2)9-11-28/h4,6-13,20H,3,5,14-19,22-25H2,1-2H3,(H,39,45)/t36-/m1/s1. The first-order chi connectivity index (χ1) is 24.6. The van der Waals surface area contributed by atoms with Gasteiger partial charge in [-0.25, -0.2) is 18.2 Å². The van der Waals surface area contributed by atoms with E-state index < -0.39 is 27.5 Å². The highest BCUT2D eigenvalue weighted by Crippen LogP contribution is 2.50. The van der Waals surface area contributed by atoms with E-state index in [9.17, 15) is 18.5 Å². The highest BCUT2D eigenvalue weighted by molar-refractivity contribution is 7.93. The molecule has 3 amide bonds. The highest BCUT2D eigenvalue weighted by atomic mass is 32.2. The van der Waals surface area contributed by atoms with Crippen LogP contribution in [0.25, 0.3) is 0 Å². The largest absolute Gasteiger partial charge is 0.497 e. The number of hydrogen-bond acceptors (Lipinski definition) is 11. The van der Waals surface area contributed by atoms with Crippen molar-refractivity contribution in [3.8, 4) is 17.7 Å². The molecule has 5 heterocycles. The normalized spacial score (nSPS) is 21.4. The van der Waals surface area contributed by atoms with Crippen LogP contribution in [0.15, 0.2) is 65.7 Å². The molecule has 4 aliphatic rings. The van der Waals surface area contributed by atoms with Gasteiger partial charge in [-0.05, 0) is 81.0 Å². The second kappa shape index (κ2) is 13.8. The molecule has 3 aromatic rings. The maximum Gasteiger partial charge on any atom is 0.318 e. The van der Waals surface area contributed by atoms with Crippen molar-refractivity contribution in [3.05, 3.63) is 77.5 Å². The van der Waals surface area contributed by atoms with Gasteiger partial charge < -0.3 is 29.3 Å². The van der Waals surface area contributed by atoms with Crippen LogP contribution in [0.2, 0.25) is 0 Å². The van der Waals surface area contributed by atoms with Gasteiger partial charge in [0.05, 0.1) is 54.7 Å². The van der Waals surface area contributed by atoms with Gasteiger partial charge in [0.15, 0.2) is 5.54 Å². The van der Waals surface area contributed by atoms with Gasteiger partial charge in [0.1, 0.15) is 5.75 Å². The highest BCUT2D eigenvalue weighted by Gasteiger charge is 2.60. The van der Waals surface area contributed by atoms with Crippen molar-refractivity contribution in [1.82, 2.24) is 25.0 Å². The van der Waals surface area contributed by atoms with Crippen molar-refractivity contribution in [3.63, 3.8) is 0 Å². The lowest BCUT2D eigenvalue weighted by atomic mass is 9.73. The predicted molar refractivity (Wildman–Crippen MR) is 186 cm³/mol. The number of sulfonamides is 1. The molecule has 14 nitrogen and oxygen atoms in total. The van der Waals surface area contributed by atoms with E-state index in [1.54, 1.807) is 24.0 Å². The topological polar surface area (TPSA) is 158 Å². The van der Waals surface area contributed by atoms with Gasteiger partial charge in [0, 0.05) is 56.4 Å². The molecule has 3 saturated heterocycles. The predicted octanol–water partition coefficient (Wildman–Crippen LogP) is 2.39. The second-order valence-electron chi connectivity index (χ2n) is 13.4. The van der Waals surface area contributed by atoms with Crippen molar-refractivity contribution in [2.45, 2.75) is 23.8 Å². The first-order valence-electron chi connectivity index (χ1n) is 17.1. The number of ether oxygens (including phenoxy) is 3. The zero-order valence-corrected chi connectivity index (χ0v) is 29.5. The Labute approximate surface area is 297 Å². The molecular weight excluding hydrogens is 675 g/mol. The molecule has 0 unspecified atom stereocenters. The quantitative estimate of drug-likeness (QED) is 0.311. The number of nitriles is 1. The van der Waals surface area contributed by atoms with E-state index in [0.29, 0.717) is 23.1 Å². The van der Waals surface area contributed by atoms with Gasteiger partial charge in [-0.1, -0.05) is 0 Å². The number of pyridine rings is 1. The molecule has 1 spiro atoms. The number of likely N-dealkylation sites (tertiary alicyclic amines) is 2. The smallest absolute Gasteiger partial charge is 0.318 e. The average Bonchev–Trinajstić information content (AvgIpc) is 3.36. The molecule has 268 valence electrons. The number of carbonyl (C=O) groups is 2. The summed E-state index contributed by atoms with van der Waals surface area (Å²) in [5, 5.41) is 12.9. The summed E-state index contributed by atoms with van der Waals surface area (Å²) in [5.41, 5.74) is -1.66. The minimum absolute atomic E-state index is 0.00760. The Hall–Kier alpha value is -4.75. The molecule has 1 atom stereocenters. The Bertz CT molecular complexity index is 1950. The molecule has 3 fully saturated rings. The number of amides is 3. The molecule has 1 aromatic heterocycles. The SMILES string of the molecule is CCOc1ncccc1[C@]1(NC(=O)N2CC3(CN(CCCN4CCOCC4)C3)C2)C(=O)N(S(=O)(=O)c2ccc(OC)cc2)c2ccc(C#N)cc21.